The maximum absolute atomic E-state index is 5.67. The third-order valence-electron chi connectivity index (χ3n) is 3.24. The molecule has 2 heterocycles. The molecule has 0 spiro atoms. The fraction of sp³-hybridized carbons (Fsp3) is 0.400. The number of nitrogens with one attached hydrogen (secondary N) is 1. The van der Waals surface area contributed by atoms with Gasteiger partial charge in [0.2, 0.25) is 5.88 Å². The van der Waals surface area contributed by atoms with Gasteiger partial charge in [0.05, 0.1) is 7.11 Å². The fourth-order valence-corrected chi connectivity index (χ4v) is 3.13. The largest absolute Gasteiger partial charge is 0.481 e. The van der Waals surface area contributed by atoms with Crippen molar-refractivity contribution in [3.05, 3.63) is 45.8 Å². The van der Waals surface area contributed by atoms with E-state index in [4.69, 9.17) is 10.6 Å². The van der Waals surface area contributed by atoms with E-state index in [0.29, 0.717) is 5.88 Å². The van der Waals surface area contributed by atoms with Crippen LogP contribution in [0, 0.1) is 0 Å². The molecule has 1 atom stereocenters. The molecule has 5 heteroatoms. The number of ether oxygens (including phenoxy) is 1. The van der Waals surface area contributed by atoms with Gasteiger partial charge in [0.25, 0.3) is 0 Å². The Labute approximate surface area is 124 Å². The number of hydrazine groups is 1. The van der Waals surface area contributed by atoms with Gasteiger partial charge in [-0.1, -0.05) is 13.0 Å². The van der Waals surface area contributed by atoms with Crippen molar-refractivity contribution in [1.82, 2.24) is 10.4 Å². The lowest BCUT2D eigenvalue weighted by atomic mass is 10.0. The van der Waals surface area contributed by atoms with Crippen LogP contribution in [0.2, 0.25) is 0 Å². The van der Waals surface area contributed by atoms with E-state index >= 15 is 0 Å². The Morgan fingerprint density at radius 3 is 2.60 bits per heavy atom. The van der Waals surface area contributed by atoms with Crippen LogP contribution in [-0.4, -0.2) is 18.1 Å². The van der Waals surface area contributed by atoms with Gasteiger partial charge in [0, 0.05) is 28.1 Å². The molecule has 0 fully saturated rings. The van der Waals surface area contributed by atoms with E-state index in [2.05, 4.69) is 29.5 Å². The summed E-state index contributed by atoms with van der Waals surface area (Å²) in [6.45, 7) is 2.18. The van der Waals surface area contributed by atoms with Crippen LogP contribution in [0.3, 0.4) is 0 Å². The Hall–Kier alpha value is -1.43. The van der Waals surface area contributed by atoms with Gasteiger partial charge in [-0.15, -0.1) is 11.3 Å². The molecule has 0 bridgehead atoms. The predicted molar refractivity (Wildman–Crippen MR) is 83.0 cm³/mol. The highest BCUT2D eigenvalue weighted by Crippen LogP contribution is 2.19. The summed E-state index contributed by atoms with van der Waals surface area (Å²) in [7, 11) is 1.62. The number of nitrogens with two attached hydrogens (primary N) is 1. The first-order valence-electron chi connectivity index (χ1n) is 6.77. The average molecular weight is 291 g/mol. The lowest BCUT2D eigenvalue weighted by Crippen LogP contribution is -2.38. The Kier molecular flexibility index (Phi) is 5.52. The molecule has 2 aromatic rings. The highest BCUT2D eigenvalue weighted by atomic mass is 32.1. The average Bonchev–Trinajstić information content (AvgIpc) is 2.95. The van der Waals surface area contributed by atoms with E-state index in [1.54, 1.807) is 7.11 Å². The van der Waals surface area contributed by atoms with Gasteiger partial charge < -0.3 is 4.74 Å². The first-order valence-corrected chi connectivity index (χ1v) is 7.59. The normalized spacial score (nSPS) is 12.3. The Morgan fingerprint density at radius 1 is 1.25 bits per heavy atom. The first-order chi connectivity index (χ1) is 9.75. The maximum Gasteiger partial charge on any atom is 0.212 e. The van der Waals surface area contributed by atoms with E-state index in [0.717, 1.165) is 24.8 Å². The number of aromatic nitrogens is 1. The number of rotatable bonds is 7. The summed E-state index contributed by atoms with van der Waals surface area (Å²) >= 11 is 1.86. The minimum absolute atomic E-state index is 0.216. The van der Waals surface area contributed by atoms with Crippen molar-refractivity contribution >= 4 is 11.3 Å². The van der Waals surface area contributed by atoms with Crippen molar-refractivity contribution in [1.29, 1.82) is 0 Å². The maximum atomic E-state index is 5.67. The van der Waals surface area contributed by atoms with Crippen molar-refractivity contribution in [3.8, 4) is 5.88 Å². The Morgan fingerprint density at radius 2 is 2.05 bits per heavy atom. The Bertz CT molecular complexity index is 524. The zero-order chi connectivity index (χ0) is 14.4. The van der Waals surface area contributed by atoms with Gasteiger partial charge in [-0.3, -0.25) is 11.3 Å². The molecule has 0 radical (unpaired) electrons. The quantitative estimate of drug-likeness (QED) is 0.607. The molecule has 0 amide bonds. The van der Waals surface area contributed by atoms with E-state index in [1.807, 2.05) is 29.7 Å². The second kappa shape index (κ2) is 7.38. The van der Waals surface area contributed by atoms with Crippen LogP contribution in [0.4, 0.5) is 0 Å². The zero-order valence-corrected chi connectivity index (χ0v) is 12.7. The van der Waals surface area contributed by atoms with E-state index < -0.39 is 0 Å². The predicted octanol–water partition coefficient (Wildman–Crippen LogP) is 2.33. The third kappa shape index (κ3) is 4.03. The van der Waals surface area contributed by atoms with Crippen LogP contribution in [0.1, 0.15) is 22.2 Å². The molecule has 0 saturated heterocycles. The molecule has 3 N–H and O–H groups in total. The van der Waals surface area contributed by atoms with Gasteiger partial charge in [0.15, 0.2) is 0 Å². The molecule has 0 aliphatic carbocycles. The van der Waals surface area contributed by atoms with Crippen molar-refractivity contribution in [2.45, 2.75) is 32.2 Å². The molecule has 108 valence electrons. The third-order valence-corrected chi connectivity index (χ3v) is 4.49. The SMILES string of the molecule is CCc1ccc(CC(Cc2ccc(OC)nc2)NN)s1. The second-order valence-corrected chi connectivity index (χ2v) is 5.96. The Balaban J connectivity index is 1.97. The second-order valence-electron chi connectivity index (χ2n) is 4.70. The standard InChI is InChI=1S/C15H21N3OS/c1-3-13-5-6-14(20-13)9-12(18-16)8-11-4-7-15(19-2)17-10-11/h4-7,10,12,18H,3,8-9,16H2,1-2H3. The molecule has 2 rings (SSSR count). The summed E-state index contributed by atoms with van der Waals surface area (Å²) in [4.78, 5) is 7.01. The minimum Gasteiger partial charge on any atom is -0.481 e. The number of hydrogen-bond donors (Lipinski definition) is 2. The molecule has 0 aliphatic rings. The molecular formula is C15H21N3OS. The molecule has 0 aromatic carbocycles. The number of methoxy groups -OCH3 is 1. The highest BCUT2D eigenvalue weighted by Gasteiger charge is 2.11. The zero-order valence-electron chi connectivity index (χ0n) is 11.9. The van der Waals surface area contributed by atoms with Crippen LogP contribution in [0.5, 0.6) is 5.88 Å². The van der Waals surface area contributed by atoms with Crippen LogP contribution in [0.25, 0.3) is 0 Å². The van der Waals surface area contributed by atoms with Crippen molar-refractivity contribution < 1.29 is 4.74 Å². The van der Waals surface area contributed by atoms with Gasteiger partial charge >= 0.3 is 0 Å². The summed E-state index contributed by atoms with van der Waals surface area (Å²) in [6.07, 6.45) is 4.73. The van der Waals surface area contributed by atoms with Crippen molar-refractivity contribution in [2.24, 2.45) is 5.84 Å². The smallest absolute Gasteiger partial charge is 0.212 e. The number of aryl methyl sites for hydroxylation is 1. The lowest BCUT2D eigenvalue weighted by Gasteiger charge is -2.15. The topological polar surface area (TPSA) is 60.2 Å². The van der Waals surface area contributed by atoms with Gasteiger partial charge in [-0.2, -0.15) is 0 Å². The minimum atomic E-state index is 0.216. The molecule has 20 heavy (non-hydrogen) atoms. The van der Waals surface area contributed by atoms with E-state index in [9.17, 15) is 0 Å². The van der Waals surface area contributed by atoms with Gasteiger partial charge in [-0.25, -0.2) is 4.98 Å². The first kappa shape index (κ1) is 15.0. The number of nitrogens with zero attached hydrogens (tertiary/aromatic N) is 1. The van der Waals surface area contributed by atoms with Gasteiger partial charge in [-0.05, 0) is 37.0 Å². The molecular weight excluding hydrogens is 270 g/mol. The summed E-state index contributed by atoms with van der Waals surface area (Å²) < 4.78 is 5.06. The van der Waals surface area contributed by atoms with Crippen LogP contribution in [-0.2, 0) is 19.3 Å². The molecule has 4 nitrogen and oxygen atoms in total. The van der Waals surface area contributed by atoms with E-state index in [-0.39, 0.29) is 6.04 Å². The molecule has 2 aromatic heterocycles. The summed E-state index contributed by atoms with van der Waals surface area (Å²) in [6, 6.07) is 8.52. The van der Waals surface area contributed by atoms with Crippen LogP contribution >= 0.6 is 11.3 Å². The summed E-state index contributed by atoms with van der Waals surface area (Å²) in [5.74, 6) is 6.31. The monoisotopic (exact) mass is 291 g/mol. The molecule has 0 aliphatic heterocycles. The lowest BCUT2D eigenvalue weighted by molar-refractivity contribution is 0.397. The summed E-state index contributed by atoms with van der Waals surface area (Å²) in [5.41, 5.74) is 4.06. The number of thiophene rings is 1. The van der Waals surface area contributed by atoms with Crippen LogP contribution in [0.15, 0.2) is 30.5 Å². The fourth-order valence-electron chi connectivity index (χ4n) is 2.09. The molecule has 1 unspecified atom stereocenters. The highest BCUT2D eigenvalue weighted by molar-refractivity contribution is 7.11. The number of hydrogen-bond acceptors (Lipinski definition) is 5. The number of pyridine rings is 1. The van der Waals surface area contributed by atoms with Crippen molar-refractivity contribution in [3.63, 3.8) is 0 Å². The van der Waals surface area contributed by atoms with E-state index in [1.165, 1.54) is 9.75 Å². The van der Waals surface area contributed by atoms with Crippen LogP contribution < -0.4 is 16.0 Å². The van der Waals surface area contributed by atoms with Crippen molar-refractivity contribution in [2.75, 3.05) is 7.11 Å². The molecule has 0 saturated carbocycles. The summed E-state index contributed by atoms with van der Waals surface area (Å²) in [5, 5.41) is 0. The van der Waals surface area contributed by atoms with Gasteiger partial charge in [0.1, 0.15) is 0 Å².